The monoisotopic (exact) mass is 282 g/mol. The van der Waals surface area contributed by atoms with E-state index < -0.39 is 6.10 Å². The van der Waals surface area contributed by atoms with Gasteiger partial charge in [0.1, 0.15) is 0 Å². The molecule has 3 rings (SSSR count). The summed E-state index contributed by atoms with van der Waals surface area (Å²) < 4.78 is 0. The molecule has 1 atom stereocenters. The molecule has 0 radical (unpaired) electrons. The number of rotatable bonds is 5. The smallest absolute Gasteiger partial charge is 0.256 e. The van der Waals surface area contributed by atoms with Crippen LogP contribution in [0.15, 0.2) is 54.9 Å². The van der Waals surface area contributed by atoms with E-state index >= 15 is 0 Å². The van der Waals surface area contributed by atoms with Gasteiger partial charge in [0.2, 0.25) is 0 Å². The van der Waals surface area contributed by atoms with E-state index in [9.17, 15) is 9.90 Å². The number of nitrogens with zero attached hydrogens (tertiary/aromatic N) is 2. The largest absolute Gasteiger partial charge is 0.378 e. The number of aliphatic hydroxyl groups is 1. The zero-order chi connectivity index (χ0) is 14.7. The topological polar surface area (TPSA) is 53.4 Å². The second-order valence-electron chi connectivity index (χ2n) is 5.37. The van der Waals surface area contributed by atoms with Crippen molar-refractivity contribution in [2.75, 3.05) is 0 Å². The van der Waals surface area contributed by atoms with Gasteiger partial charge in [-0.05, 0) is 36.1 Å². The molecule has 1 aromatic heterocycles. The van der Waals surface area contributed by atoms with Crippen LogP contribution >= 0.6 is 0 Å². The predicted octanol–water partition coefficient (Wildman–Crippen LogP) is 2.31. The van der Waals surface area contributed by atoms with Crippen molar-refractivity contribution in [3.05, 3.63) is 66.0 Å². The molecule has 2 aromatic rings. The van der Waals surface area contributed by atoms with Gasteiger partial charge in [-0.15, -0.1) is 0 Å². The van der Waals surface area contributed by atoms with Crippen LogP contribution in [0.2, 0.25) is 0 Å². The molecular formula is C17H18N2O2. The maximum absolute atomic E-state index is 12.6. The summed E-state index contributed by atoms with van der Waals surface area (Å²) in [6, 6.07) is 13.1. The molecule has 21 heavy (non-hydrogen) atoms. The van der Waals surface area contributed by atoms with Gasteiger partial charge < -0.3 is 10.0 Å². The molecular weight excluding hydrogens is 264 g/mol. The molecule has 4 nitrogen and oxygen atoms in total. The van der Waals surface area contributed by atoms with Crippen molar-refractivity contribution in [2.24, 2.45) is 0 Å². The van der Waals surface area contributed by atoms with Crippen molar-refractivity contribution in [2.45, 2.75) is 31.5 Å². The van der Waals surface area contributed by atoms with E-state index in [1.807, 2.05) is 30.3 Å². The molecule has 1 aliphatic rings. The van der Waals surface area contributed by atoms with E-state index in [1.165, 1.54) is 0 Å². The van der Waals surface area contributed by atoms with E-state index in [4.69, 9.17) is 0 Å². The summed E-state index contributed by atoms with van der Waals surface area (Å²) in [7, 11) is 0. The summed E-state index contributed by atoms with van der Waals surface area (Å²) in [5.74, 6) is -0.222. The summed E-state index contributed by atoms with van der Waals surface area (Å²) in [5, 5.41) is 10.3. The van der Waals surface area contributed by atoms with Crippen LogP contribution in [-0.4, -0.2) is 26.9 Å². The third-order valence-corrected chi connectivity index (χ3v) is 3.72. The number of hydrogen-bond donors (Lipinski definition) is 1. The van der Waals surface area contributed by atoms with Crippen LogP contribution < -0.4 is 0 Å². The van der Waals surface area contributed by atoms with Crippen molar-refractivity contribution >= 4 is 5.91 Å². The minimum Gasteiger partial charge on any atom is -0.378 e. The first-order valence-corrected chi connectivity index (χ1v) is 7.18. The second kappa shape index (κ2) is 6.06. The molecule has 1 saturated carbocycles. The van der Waals surface area contributed by atoms with Gasteiger partial charge in [-0.1, -0.05) is 30.3 Å². The standard InChI is InChI=1S/C17H18N2O2/c20-16(14-4-2-1-3-5-14)17(21)19(15-6-7-15)12-13-8-10-18-11-9-13/h1-5,8-11,15-16,20H,6-7,12H2. The van der Waals surface area contributed by atoms with E-state index in [-0.39, 0.29) is 11.9 Å². The summed E-state index contributed by atoms with van der Waals surface area (Å²) in [6.45, 7) is 0.524. The lowest BCUT2D eigenvalue weighted by molar-refractivity contribution is -0.141. The number of carbonyl (C=O) groups is 1. The number of hydrogen-bond acceptors (Lipinski definition) is 3. The SMILES string of the molecule is O=C(C(O)c1ccccc1)N(Cc1ccncc1)C1CC1. The molecule has 1 aliphatic carbocycles. The van der Waals surface area contributed by atoms with Crippen LogP contribution in [0.25, 0.3) is 0 Å². The minimum absolute atomic E-state index is 0.222. The molecule has 0 bridgehead atoms. The average molecular weight is 282 g/mol. The molecule has 0 aliphatic heterocycles. The first-order chi connectivity index (χ1) is 10.3. The van der Waals surface area contributed by atoms with Gasteiger partial charge in [0.05, 0.1) is 0 Å². The van der Waals surface area contributed by atoms with E-state index in [0.29, 0.717) is 12.1 Å². The van der Waals surface area contributed by atoms with E-state index in [0.717, 1.165) is 18.4 Å². The van der Waals surface area contributed by atoms with E-state index in [1.54, 1.807) is 29.4 Å². The Morgan fingerprint density at radius 3 is 2.48 bits per heavy atom. The number of benzene rings is 1. The summed E-state index contributed by atoms with van der Waals surface area (Å²) in [4.78, 5) is 18.4. The Kier molecular flexibility index (Phi) is 3.97. The summed E-state index contributed by atoms with van der Waals surface area (Å²) in [6.07, 6.45) is 4.38. The number of aliphatic hydroxyl groups excluding tert-OH is 1. The maximum atomic E-state index is 12.6. The normalized spacial score (nSPS) is 15.5. The second-order valence-corrected chi connectivity index (χ2v) is 5.37. The summed E-state index contributed by atoms with van der Waals surface area (Å²) in [5.41, 5.74) is 1.67. The fourth-order valence-corrected chi connectivity index (χ4v) is 2.39. The van der Waals surface area contributed by atoms with Crippen LogP contribution in [0.1, 0.15) is 30.1 Å². The minimum atomic E-state index is -1.09. The van der Waals surface area contributed by atoms with Gasteiger partial charge in [-0.3, -0.25) is 9.78 Å². The summed E-state index contributed by atoms with van der Waals surface area (Å²) >= 11 is 0. The Hall–Kier alpha value is -2.20. The van der Waals surface area contributed by atoms with Crippen LogP contribution in [0.3, 0.4) is 0 Å². The van der Waals surface area contributed by atoms with Crippen molar-refractivity contribution < 1.29 is 9.90 Å². The van der Waals surface area contributed by atoms with Crippen LogP contribution in [0.4, 0.5) is 0 Å². The Morgan fingerprint density at radius 2 is 1.86 bits per heavy atom. The Morgan fingerprint density at radius 1 is 1.19 bits per heavy atom. The average Bonchev–Trinajstić information content (AvgIpc) is 3.38. The van der Waals surface area contributed by atoms with Gasteiger partial charge >= 0.3 is 0 Å². The molecule has 1 N–H and O–H groups in total. The molecule has 1 amide bonds. The van der Waals surface area contributed by atoms with Gasteiger partial charge in [0.15, 0.2) is 6.10 Å². The first-order valence-electron chi connectivity index (χ1n) is 7.18. The van der Waals surface area contributed by atoms with Crippen molar-refractivity contribution in [3.8, 4) is 0 Å². The lowest BCUT2D eigenvalue weighted by Crippen LogP contribution is -2.36. The van der Waals surface area contributed by atoms with Crippen molar-refractivity contribution in [3.63, 3.8) is 0 Å². The van der Waals surface area contributed by atoms with Gasteiger partial charge in [0.25, 0.3) is 5.91 Å². The highest BCUT2D eigenvalue weighted by Crippen LogP contribution is 2.31. The zero-order valence-corrected chi connectivity index (χ0v) is 11.7. The van der Waals surface area contributed by atoms with Gasteiger partial charge in [-0.2, -0.15) is 0 Å². The van der Waals surface area contributed by atoms with E-state index in [2.05, 4.69) is 4.98 Å². The van der Waals surface area contributed by atoms with Crippen LogP contribution in [-0.2, 0) is 11.3 Å². The Labute approximate surface area is 124 Å². The number of carbonyl (C=O) groups excluding carboxylic acids is 1. The molecule has 0 spiro atoms. The molecule has 1 fully saturated rings. The molecule has 1 heterocycles. The third-order valence-electron chi connectivity index (χ3n) is 3.72. The fraction of sp³-hybridized carbons (Fsp3) is 0.294. The highest BCUT2D eigenvalue weighted by Gasteiger charge is 2.35. The molecule has 0 saturated heterocycles. The van der Waals surface area contributed by atoms with Crippen molar-refractivity contribution in [1.29, 1.82) is 0 Å². The lowest BCUT2D eigenvalue weighted by Gasteiger charge is -2.25. The number of aromatic nitrogens is 1. The fourth-order valence-electron chi connectivity index (χ4n) is 2.39. The Balaban J connectivity index is 1.76. The molecule has 1 aromatic carbocycles. The quantitative estimate of drug-likeness (QED) is 0.915. The zero-order valence-electron chi connectivity index (χ0n) is 11.7. The Bertz CT molecular complexity index is 597. The highest BCUT2D eigenvalue weighted by atomic mass is 16.3. The predicted molar refractivity (Wildman–Crippen MR) is 79.2 cm³/mol. The van der Waals surface area contributed by atoms with Gasteiger partial charge in [0, 0.05) is 25.0 Å². The highest BCUT2D eigenvalue weighted by molar-refractivity contribution is 5.82. The molecule has 108 valence electrons. The first kappa shape index (κ1) is 13.8. The number of amides is 1. The third kappa shape index (κ3) is 3.28. The lowest BCUT2D eigenvalue weighted by atomic mass is 10.1. The number of pyridine rings is 1. The van der Waals surface area contributed by atoms with Crippen molar-refractivity contribution in [1.82, 2.24) is 9.88 Å². The van der Waals surface area contributed by atoms with Crippen LogP contribution in [0, 0.1) is 0 Å². The van der Waals surface area contributed by atoms with Gasteiger partial charge in [-0.25, -0.2) is 0 Å². The molecule has 1 unspecified atom stereocenters. The maximum Gasteiger partial charge on any atom is 0.256 e. The molecule has 4 heteroatoms. The van der Waals surface area contributed by atoms with Crippen LogP contribution in [0.5, 0.6) is 0 Å².